The van der Waals surface area contributed by atoms with E-state index in [1.165, 1.54) is 32.1 Å². The second-order valence-corrected chi connectivity index (χ2v) is 9.11. The number of likely N-dealkylation sites (tertiary alicyclic amines) is 1. The van der Waals surface area contributed by atoms with Crippen molar-refractivity contribution in [2.75, 3.05) is 13.1 Å². The second-order valence-electron chi connectivity index (χ2n) is 9.11. The topological polar surface area (TPSA) is 32.3 Å². The molecule has 0 bridgehead atoms. The van der Waals surface area contributed by atoms with Crippen molar-refractivity contribution in [3.05, 3.63) is 71.3 Å². The van der Waals surface area contributed by atoms with Crippen LogP contribution >= 0.6 is 0 Å². The third-order valence-corrected chi connectivity index (χ3v) is 6.89. The van der Waals surface area contributed by atoms with Crippen molar-refractivity contribution in [1.82, 2.24) is 10.2 Å². The summed E-state index contributed by atoms with van der Waals surface area (Å²) in [5.41, 5.74) is 2.68. The molecule has 3 heteroatoms. The molecule has 1 aliphatic heterocycles. The summed E-state index contributed by atoms with van der Waals surface area (Å²) in [5.74, 6) is 7.31. The lowest BCUT2D eigenvalue weighted by atomic mass is 9.84. The number of hydrogen-bond acceptors (Lipinski definition) is 2. The quantitative estimate of drug-likeness (QED) is 0.693. The van der Waals surface area contributed by atoms with E-state index in [-0.39, 0.29) is 5.91 Å². The van der Waals surface area contributed by atoms with Gasteiger partial charge in [-0.2, -0.15) is 0 Å². The Labute approximate surface area is 187 Å². The third kappa shape index (κ3) is 5.99. The van der Waals surface area contributed by atoms with Crippen LogP contribution in [0, 0.1) is 17.8 Å². The summed E-state index contributed by atoms with van der Waals surface area (Å²) in [6, 6.07) is 18.8. The van der Waals surface area contributed by atoms with Gasteiger partial charge in [0.1, 0.15) is 0 Å². The molecule has 0 radical (unpaired) electrons. The molecule has 1 saturated heterocycles. The van der Waals surface area contributed by atoms with E-state index in [4.69, 9.17) is 0 Å². The summed E-state index contributed by atoms with van der Waals surface area (Å²) in [4.78, 5) is 14.9. The SMILES string of the molecule is CC(NC1CCN(C(=O)c2ccc(C#Cc3ccccc3)cc2)CC1)C1CCCCC1. The van der Waals surface area contributed by atoms with Crippen molar-refractivity contribution in [2.45, 2.75) is 64.0 Å². The predicted molar refractivity (Wildman–Crippen MR) is 127 cm³/mol. The minimum Gasteiger partial charge on any atom is -0.339 e. The molecule has 1 heterocycles. The van der Waals surface area contributed by atoms with Gasteiger partial charge >= 0.3 is 0 Å². The smallest absolute Gasteiger partial charge is 0.253 e. The molecular formula is C28H34N2O. The van der Waals surface area contributed by atoms with Gasteiger partial charge in [0.2, 0.25) is 0 Å². The molecule has 2 fully saturated rings. The fourth-order valence-electron chi connectivity index (χ4n) is 4.94. The molecule has 1 saturated carbocycles. The fraction of sp³-hybridized carbons (Fsp3) is 0.464. The molecule has 2 aromatic rings. The van der Waals surface area contributed by atoms with Crippen LogP contribution in [0.1, 0.15) is 73.4 Å². The van der Waals surface area contributed by atoms with Crippen molar-refractivity contribution >= 4 is 5.91 Å². The Bertz CT molecular complexity index is 896. The lowest BCUT2D eigenvalue weighted by molar-refractivity contribution is 0.0698. The summed E-state index contributed by atoms with van der Waals surface area (Å²) < 4.78 is 0. The molecule has 0 aromatic heterocycles. The van der Waals surface area contributed by atoms with E-state index in [1.54, 1.807) is 0 Å². The number of piperidine rings is 1. The summed E-state index contributed by atoms with van der Waals surface area (Å²) in [6.07, 6.45) is 9.02. The van der Waals surface area contributed by atoms with Crippen molar-refractivity contribution in [2.24, 2.45) is 5.92 Å². The van der Waals surface area contributed by atoms with E-state index in [9.17, 15) is 4.79 Å². The highest BCUT2D eigenvalue weighted by atomic mass is 16.2. The third-order valence-electron chi connectivity index (χ3n) is 6.89. The van der Waals surface area contributed by atoms with E-state index in [2.05, 4.69) is 24.1 Å². The van der Waals surface area contributed by atoms with E-state index in [1.807, 2.05) is 59.5 Å². The summed E-state index contributed by atoms with van der Waals surface area (Å²) >= 11 is 0. The van der Waals surface area contributed by atoms with Crippen LogP contribution in [-0.2, 0) is 0 Å². The van der Waals surface area contributed by atoms with Gasteiger partial charge in [0, 0.05) is 41.9 Å². The van der Waals surface area contributed by atoms with Crippen molar-refractivity contribution in [3.63, 3.8) is 0 Å². The lowest BCUT2D eigenvalue weighted by Crippen LogP contribution is -2.49. The Balaban J connectivity index is 1.27. The van der Waals surface area contributed by atoms with E-state index >= 15 is 0 Å². The van der Waals surface area contributed by atoms with Gasteiger partial charge in [-0.3, -0.25) is 4.79 Å². The number of nitrogens with one attached hydrogen (secondary N) is 1. The number of amides is 1. The fourth-order valence-corrected chi connectivity index (χ4v) is 4.94. The van der Waals surface area contributed by atoms with Gasteiger partial charge in [-0.05, 0) is 74.9 Å². The van der Waals surface area contributed by atoms with Gasteiger partial charge in [-0.1, -0.05) is 49.3 Å². The predicted octanol–water partition coefficient (Wildman–Crippen LogP) is 5.25. The molecule has 1 aliphatic carbocycles. The first-order valence-electron chi connectivity index (χ1n) is 11.9. The molecule has 2 aliphatic rings. The normalized spacial score (nSPS) is 18.8. The van der Waals surface area contributed by atoms with Crippen molar-refractivity contribution in [1.29, 1.82) is 0 Å². The Kier molecular flexibility index (Phi) is 7.43. The monoisotopic (exact) mass is 414 g/mol. The molecule has 0 spiro atoms. The number of rotatable bonds is 4. The standard InChI is InChI=1S/C28H34N2O/c1-22(25-10-6-3-7-11-25)29-27-18-20-30(21-19-27)28(31)26-16-14-24(15-17-26)13-12-23-8-4-2-5-9-23/h2,4-5,8-9,14-17,22,25,27,29H,3,6-7,10-11,18-21H2,1H3. The number of carbonyl (C=O) groups excluding carboxylic acids is 1. The number of nitrogens with zero attached hydrogens (tertiary/aromatic N) is 1. The molecule has 1 amide bonds. The maximum Gasteiger partial charge on any atom is 0.253 e. The molecule has 31 heavy (non-hydrogen) atoms. The van der Waals surface area contributed by atoms with Crippen LogP contribution in [-0.4, -0.2) is 36.0 Å². The maximum atomic E-state index is 12.9. The molecule has 4 rings (SSSR count). The molecular weight excluding hydrogens is 380 g/mol. The lowest BCUT2D eigenvalue weighted by Gasteiger charge is -2.36. The zero-order chi connectivity index (χ0) is 21.5. The minimum absolute atomic E-state index is 0.140. The van der Waals surface area contributed by atoms with Gasteiger partial charge in [-0.25, -0.2) is 0 Å². The van der Waals surface area contributed by atoms with Crippen LogP contribution in [0.3, 0.4) is 0 Å². The zero-order valence-electron chi connectivity index (χ0n) is 18.6. The Morgan fingerprint density at radius 3 is 2.13 bits per heavy atom. The van der Waals surface area contributed by atoms with Gasteiger partial charge in [0.05, 0.1) is 0 Å². The van der Waals surface area contributed by atoms with Crippen LogP contribution in [0.4, 0.5) is 0 Å². The maximum absolute atomic E-state index is 12.9. The first-order chi connectivity index (χ1) is 15.2. The van der Waals surface area contributed by atoms with Crippen LogP contribution < -0.4 is 5.32 Å². The van der Waals surface area contributed by atoms with E-state index in [0.29, 0.717) is 12.1 Å². The highest BCUT2D eigenvalue weighted by Crippen LogP contribution is 2.27. The van der Waals surface area contributed by atoms with Crippen LogP contribution in [0.5, 0.6) is 0 Å². The highest BCUT2D eigenvalue weighted by Gasteiger charge is 2.27. The first kappa shape index (κ1) is 21.7. The molecule has 3 nitrogen and oxygen atoms in total. The zero-order valence-corrected chi connectivity index (χ0v) is 18.6. The molecule has 1 N–H and O–H groups in total. The van der Waals surface area contributed by atoms with Gasteiger partial charge in [-0.15, -0.1) is 0 Å². The average Bonchev–Trinajstić information content (AvgIpc) is 2.84. The van der Waals surface area contributed by atoms with Crippen LogP contribution in [0.15, 0.2) is 54.6 Å². The van der Waals surface area contributed by atoms with Crippen molar-refractivity contribution in [3.8, 4) is 11.8 Å². The summed E-state index contributed by atoms with van der Waals surface area (Å²) in [7, 11) is 0. The minimum atomic E-state index is 0.140. The largest absolute Gasteiger partial charge is 0.339 e. The average molecular weight is 415 g/mol. The Hall–Kier alpha value is -2.57. The van der Waals surface area contributed by atoms with Crippen molar-refractivity contribution < 1.29 is 4.79 Å². The van der Waals surface area contributed by atoms with Gasteiger partial charge < -0.3 is 10.2 Å². The molecule has 162 valence electrons. The highest BCUT2D eigenvalue weighted by molar-refractivity contribution is 5.94. The number of hydrogen-bond donors (Lipinski definition) is 1. The summed E-state index contributed by atoms with van der Waals surface area (Å²) in [6.45, 7) is 4.03. The molecule has 1 unspecified atom stereocenters. The molecule has 2 aromatic carbocycles. The van der Waals surface area contributed by atoms with Gasteiger partial charge in [0.25, 0.3) is 5.91 Å². The molecule has 1 atom stereocenters. The number of carbonyl (C=O) groups is 1. The van der Waals surface area contributed by atoms with Crippen LogP contribution in [0.2, 0.25) is 0 Å². The Morgan fingerprint density at radius 1 is 0.871 bits per heavy atom. The Morgan fingerprint density at radius 2 is 1.48 bits per heavy atom. The van der Waals surface area contributed by atoms with E-state index in [0.717, 1.165) is 48.5 Å². The second kappa shape index (κ2) is 10.6. The first-order valence-corrected chi connectivity index (χ1v) is 11.9. The number of benzene rings is 2. The van der Waals surface area contributed by atoms with Crippen LogP contribution in [0.25, 0.3) is 0 Å². The van der Waals surface area contributed by atoms with Gasteiger partial charge in [0.15, 0.2) is 0 Å². The van der Waals surface area contributed by atoms with E-state index < -0.39 is 0 Å². The summed E-state index contributed by atoms with van der Waals surface area (Å²) in [5, 5.41) is 3.87.